The third-order valence-electron chi connectivity index (χ3n) is 2.38. The molecule has 0 saturated carbocycles. The SMILES string of the molecule is Cc1occc1CN(C)c1ncncc1Cl. The molecule has 0 radical (unpaired) electrons. The molecule has 2 aromatic heterocycles. The van der Waals surface area contributed by atoms with Gasteiger partial charge >= 0.3 is 0 Å². The summed E-state index contributed by atoms with van der Waals surface area (Å²) in [6.45, 7) is 2.64. The number of hydrogen-bond acceptors (Lipinski definition) is 4. The normalized spacial score (nSPS) is 10.4. The van der Waals surface area contributed by atoms with Crippen LogP contribution in [0.25, 0.3) is 0 Å². The van der Waals surface area contributed by atoms with E-state index in [-0.39, 0.29) is 0 Å². The predicted molar refractivity (Wildman–Crippen MR) is 62.6 cm³/mol. The summed E-state index contributed by atoms with van der Waals surface area (Å²) < 4.78 is 5.24. The highest BCUT2D eigenvalue weighted by atomic mass is 35.5. The Bertz CT molecular complexity index is 484. The summed E-state index contributed by atoms with van der Waals surface area (Å²) in [5, 5.41) is 0.547. The van der Waals surface area contributed by atoms with E-state index in [0.717, 1.165) is 17.1 Å². The van der Waals surface area contributed by atoms with Gasteiger partial charge in [-0.05, 0) is 13.0 Å². The van der Waals surface area contributed by atoms with E-state index in [0.29, 0.717) is 11.6 Å². The summed E-state index contributed by atoms with van der Waals surface area (Å²) in [7, 11) is 1.93. The summed E-state index contributed by atoms with van der Waals surface area (Å²) in [4.78, 5) is 9.95. The molecular weight excluding hydrogens is 226 g/mol. The van der Waals surface area contributed by atoms with Crippen LogP contribution in [-0.2, 0) is 6.54 Å². The minimum absolute atomic E-state index is 0.547. The van der Waals surface area contributed by atoms with Gasteiger partial charge in [-0.25, -0.2) is 9.97 Å². The van der Waals surface area contributed by atoms with Gasteiger partial charge in [0.1, 0.15) is 17.1 Å². The fraction of sp³-hybridized carbons (Fsp3) is 0.273. The predicted octanol–water partition coefficient (Wildman–Crippen LogP) is 2.67. The Kier molecular flexibility index (Phi) is 3.10. The van der Waals surface area contributed by atoms with Gasteiger partial charge in [-0.2, -0.15) is 0 Å². The van der Waals surface area contributed by atoms with Gasteiger partial charge in [0, 0.05) is 19.2 Å². The first-order valence-electron chi connectivity index (χ1n) is 4.88. The molecule has 2 rings (SSSR count). The van der Waals surface area contributed by atoms with Crippen LogP contribution in [0.3, 0.4) is 0 Å². The molecule has 5 heteroatoms. The summed E-state index contributed by atoms with van der Waals surface area (Å²) in [5.41, 5.74) is 1.12. The van der Waals surface area contributed by atoms with Crippen LogP contribution in [0.2, 0.25) is 5.02 Å². The Labute approximate surface area is 98.9 Å². The maximum Gasteiger partial charge on any atom is 0.150 e. The monoisotopic (exact) mass is 237 g/mol. The van der Waals surface area contributed by atoms with E-state index >= 15 is 0 Å². The van der Waals surface area contributed by atoms with Gasteiger partial charge in [-0.1, -0.05) is 11.6 Å². The first kappa shape index (κ1) is 11.0. The van der Waals surface area contributed by atoms with E-state index in [1.165, 1.54) is 6.33 Å². The molecule has 0 amide bonds. The van der Waals surface area contributed by atoms with Crippen molar-refractivity contribution in [1.29, 1.82) is 0 Å². The van der Waals surface area contributed by atoms with Gasteiger partial charge in [-0.15, -0.1) is 0 Å². The Morgan fingerprint density at radius 2 is 2.31 bits per heavy atom. The Morgan fingerprint density at radius 3 is 2.94 bits per heavy atom. The molecule has 0 fully saturated rings. The first-order valence-corrected chi connectivity index (χ1v) is 5.26. The van der Waals surface area contributed by atoms with Gasteiger partial charge < -0.3 is 9.32 Å². The third-order valence-corrected chi connectivity index (χ3v) is 2.65. The summed E-state index contributed by atoms with van der Waals surface area (Å²) in [6, 6.07) is 1.95. The number of halogens is 1. The van der Waals surface area contributed by atoms with E-state index < -0.39 is 0 Å². The highest BCUT2D eigenvalue weighted by Gasteiger charge is 2.10. The van der Waals surface area contributed by atoms with Crippen LogP contribution < -0.4 is 4.90 Å². The first-order chi connectivity index (χ1) is 7.68. The topological polar surface area (TPSA) is 42.2 Å². The molecule has 0 N–H and O–H groups in total. The molecule has 4 nitrogen and oxygen atoms in total. The molecule has 0 aliphatic heterocycles. The van der Waals surface area contributed by atoms with E-state index in [4.69, 9.17) is 16.0 Å². The number of anilines is 1. The maximum absolute atomic E-state index is 6.01. The van der Waals surface area contributed by atoms with Gasteiger partial charge in [-0.3, -0.25) is 0 Å². The zero-order chi connectivity index (χ0) is 11.5. The highest BCUT2D eigenvalue weighted by molar-refractivity contribution is 6.32. The molecule has 0 aromatic carbocycles. The Morgan fingerprint density at radius 1 is 1.50 bits per heavy atom. The quantitative estimate of drug-likeness (QED) is 0.823. The van der Waals surface area contributed by atoms with E-state index in [1.807, 2.05) is 24.9 Å². The molecule has 0 spiro atoms. The smallest absolute Gasteiger partial charge is 0.150 e. The van der Waals surface area contributed by atoms with E-state index in [9.17, 15) is 0 Å². The molecule has 84 valence electrons. The average molecular weight is 238 g/mol. The summed E-state index contributed by atoms with van der Waals surface area (Å²) in [6.07, 6.45) is 4.75. The molecule has 2 heterocycles. The molecule has 0 unspecified atom stereocenters. The van der Waals surface area contributed by atoms with Crippen molar-refractivity contribution in [2.24, 2.45) is 0 Å². The Hall–Kier alpha value is -1.55. The summed E-state index contributed by atoms with van der Waals surface area (Å²) >= 11 is 6.01. The lowest BCUT2D eigenvalue weighted by Crippen LogP contribution is -2.18. The van der Waals surface area contributed by atoms with Crippen molar-refractivity contribution in [2.45, 2.75) is 13.5 Å². The molecular formula is C11H12ClN3O. The van der Waals surface area contributed by atoms with E-state index in [2.05, 4.69) is 9.97 Å². The van der Waals surface area contributed by atoms with Gasteiger partial charge in [0.2, 0.25) is 0 Å². The molecule has 0 aliphatic rings. The second kappa shape index (κ2) is 4.53. The number of nitrogens with zero attached hydrogens (tertiary/aromatic N) is 3. The van der Waals surface area contributed by atoms with Crippen LogP contribution in [0.15, 0.2) is 29.3 Å². The zero-order valence-corrected chi connectivity index (χ0v) is 9.90. The number of aryl methyl sites for hydroxylation is 1. The van der Waals surface area contributed by atoms with E-state index in [1.54, 1.807) is 12.5 Å². The lowest BCUT2D eigenvalue weighted by Gasteiger charge is -2.18. The Balaban J connectivity index is 2.18. The largest absolute Gasteiger partial charge is 0.469 e. The van der Waals surface area contributed by atoms with Crippen LogP contribution in [0.1, 0.15) is 11.3 Å². The van der Waals surface area contributed by atoms with Crippen molar-refractivity contribution in [3.8, 4) is 0 Å². The van der Waals surface area contributed by atoms with Crippen LogP contribution in [-0.4, -0.2) is 17.0 Å². The standard InChI is InChI=1S/C11H12ClN3O/c1-8-9(3-4-16-8)6-15(2)11-10(12)5-13-7-14-11/h3-5,7H,6H2,1-2H3. The number of furan rings is 1. The molecule has 2 aromatic rings. The second-order valence-electron chi connectivity index (χ2n) is 3.55. The molecule has 16 heavy (non-hydrogen) atoms. The van der Waals surface area contributed by atoms with Crippen molar-refractivity contribution < 1.29 is 4.42 Å². The minimum Gasteiger partial charge on any atom is -0.469 e. The molecule has 0 bridgehead atoms. The van der Waals surface area contributed by atoms with Crippen molar-refractivity contribution in [3.05, 3.63) is 41.2 Å². The van der Waals surface area contributed by atoms with Crippen molar-refractivity contribution in [1.82, 2.24) is 9.97 Å². The van der Waals surface area contributed by atoms with Crippen molar-refractivity contribution >= 4 is 17.4 Å². The zero-order valence-electron chi connectivity index (χ0n) is 9.14. The fourth-order valence-corrected chi connectivity index (χ4v) is 1.74. The highest BCUT2D eigenvalue weighted by Crippen LogP contribution is 2.22. The number of rotatable bonds is 3. The minimum atomic E-state index is 0.547. The molecule has 0 saturated heterocycles. The average Bonchev–Trinajstić information content (AvgIpc) is 2.65. The van der Waals surface area contributed by atoms with Gasteiger partial charge in [0.25, 0.3) is 0 Å². The molecule has 0 atom stereocenters. The fourth-order valence-electron chi connectivity index (χ4n) is 1.49. The number of hydrogen-bond donors (Lipinski definition) is 0. The van der Waals surface area contributed by atoms with Crippen LogP contribution >= 0.6 is 11.6 Å². The molecule has 0 aliphatic carbocycles. The third kappa shape index (κ3) is 2.17. The van der Waals surface area contributed by atoms with Crippen LogP contribution in [0.4, 0.5) is 5.82 Å². The van der Waals surface area contributed by atoms with Crippen molar-refractivity contribution in [2.75, 3.05) is 11.9 Å². The second-order valence-corrected chi connectivity index (χ2v) is 3.96. The lowest BCUT2D eigenvalue weighted by atomic mass is 10.2. The van der Waals surface area contributed by atoms with Gasteiger partial charge in [0.05, 0.1) is 12.5 Å². The van der Waals surface area contributed by atoms with Crippen LogP contribution in [0.5, 0.6) is 0 Å². The van der Waals surface area contributed by atoms with Crippen molar-refractivity contribution in [3.63, 3.8) is 0 Å². The lowest BCUT2D eigenvalue weighted by molar-refractivity contribution is 0.529. The van der Waals surface area contributed by atoms with Gasteiger partial charge in [0.15, 0.2) is 5.82 Å². The summed E-state index contributed by atoms with van der Waals surface area (Å²) in [5.74, 6) is 1.63. The maximum atomic E-state index is 6.01. The number of aromatic nitrogens is 2. The van der Waals surface area contributed by atoms with Crippen LogP contribution in [0, 0.1) is 6.92 Å².